The molecule has 3 aromatic heterocycles. The summed E-state index contributed by atoms with van der Waals surface area (Å²) < 4.78 is 39.2. The largest absolute Gasteiger partial charge is 0.433 e. The number of hydrogen-bond acceptors (Lipinski definition) is 6. The van der Waals surface area contributed by atoms with E-state index in [1.54, 1.807) is 11.3 Å². The minimum absolute atomic E-state index is 0.00845. The normalized spacial score (nSPS) is 12.0. The molecule has 132 valence electrons. The molecule has 0 aliphatic heterocycles. The smallest absolute Gasteiger partial charge is 0.384 e. The van der Waals surface area contributed by atoms with Gasteiger partial charge < -0.3 is 5.73 Å². The van der Waals surface area contributed by atoms with Crippen LogP contribution in [0.5, 0.6) is 0 Å². The van der Waals surface area contributed by atoms with Gasteiger partial charge >= 0.3 is 6.18 Å². The number of nitrogen functional groups attached to an aromatic ring is 1. The first-order valence-electron chi connectivity index (χ1n) is 7.12. The van der Waals surface area contributed by atoms with Crippen LogP contribution in [-0.4, -0.2) is 20.7 Å². The van der Waals surface area contributed by atoms with Crippen LogP contribution in [0, 0.1) is 6.92 Å². The fourth-order valence-corrected chi connectivity index (χ4v) is 4.25. The Bertz CT molecular complexity index is 927. The minimum Gasteiger partial charge on any atom is -0.384 e. The zero-order valence-corrected chi connectivity index (χ0v) is 15.3. The van der Waals surface area contributed by atoms with Gasteiger partial charge in [-0.2, -0.15) is 13.2 Å². The first kappa shape index (κ1) is 18.2. The second-order valence-electron chi connectivity index (χ2n) is 5.24. The van der Waals surface area contributed by atoms with Gasteiger partial charge in [0, 0.05) is 22.4 Å². The van der Waals surface area contributed by atoms with Gasteiger partial charge in [0.15, 0.2) is 10.9 Å². The van der Waals surface area contributed by atoms with Crippen molar-refractivity contribution < 1.29 is 13.2 Å². The van der Waals surface area contributed by atoms with Crippen molar-refractivity contribution in [2.45, 2.75) is 24.7 Å². The van der Waals surface area contributed by atoms with E-state index in [2.05, 4.69) is 15.0 Å². The summed E-state index contributed by atoms with van der Waals surface area (Å²) >= 11 is 8.86. The highest BCUT2D eigenvalue weighted by Crippen LogP contribution is 2.32. The number of fused-ring (bicyclic) bond motifs is 1. The molecule has 0 fully saturated rings. The third kappa shape index (κ3) is 4.34. The molecule has 0 saturated carbocycles. The number of nitrogens with zero attached hydrogens (tertiary/aromatic N) is 3. The third-order valence-corrected chi connectivity index (χ3v) is 5.55. The molecule has 3 heterocycles. The Morgan fingerprint density at radius 3 is 2.68 bits per heavy atom. The minimum atomic E-state index is -4.55. The predicted octanol–water partition coefficient (Wildman–Crippen LogP) is 4.98. The molecule has 10 heteroatoms. The van der Waals surface area contributed by atoms with E-state index in [4.69, 9.17) is 17.3 Å². The van der Waals surface area contributed by atoms with Crippen molar-refractivity contribution >= 4 is 50.6 Å². The second-order valence-corrected chi connectivity index (χ2v) is 7.91. The molecule has 0 aromatic carbocycles. The number of aromatic nitrogens is 3. The Kier molecular flexibility index (Phi) is 5.08. The van der Waals surface area contributed by atoms with E-state index in [-0.39, 0.29) is 11.0 Å². The molecule has 0 aliphatic carbocycles. The molecule has 25 heavy (non-hydrogen) atoms. The van der Waals surface area contributed by atoms with Crippen LogP contribution in [0.3, 0.4) is 0 Å². The highest BCUT2D eigenvalue weighted by atomic mass is 35.5. The van der Waals surface area contributed by atoms with Crippen molar-refractivity contribution in [3.63, 3.8) is 0 Å². The van der Waals surface area contributed by atoms with Gasteiger partial charge in [0.1, 0.15) is 11.0 Å². The monoisotopic (exact) mass is 404 g/mol. The summed E-state index contributed by atoms with van der Waals surface area (Å²) in [4.78, 5) is 12.8. The molecule has 0 unspecified atom stereocenters. The standard InChI is InChI=1S/C15H12ClF3N4S2/c1-7-4-8-5-9(21-13(16)12(8)25-7)2-3-24-14-22-10(15(17,18)19)6-11(20)23-14/h4-6H,2-3H2,1H3,(H2,20,22,23). The van der Waals surface area contributed by atoms with Crippen molar-refractivity contribution in [3.8, 4) is 0 Å². The SMILES string of the molecule is Cc1cc2cc(CCSc3nc(N)cc(C(F)(F)F)n3)nc(Cl)c2s1. The zero-order valence-electron chi connectivity index (χ0n) is 12.9. The Morgan fingerprint density at radius 2 is 1.96 bits per heavy atom. The summed E-state index contributed by atoms with van der Waals surface area (Å²) in [6, 6.07) is 4.69. The molecule has 3 rings (SSSR count). The maximum atomic E-state index is 12.8. The van der Waals surface area contributed by atoms with Crippen LogP contribution in [-0.2, 0) is 12.6 Å². The number of thiophene rings is 1. The number of aryl methyl sites for hydroxylation is 2. The van der Waals surface area contributed by atoms with E-state index in [1.807, 2.05) is 19.1 Å². The van der Waals surface area contributed by atoms with Crippen LogP contribution in [0.4, 0.5) is 19.0 Å². The number of hydrogen-bond donors (Lipinski definition) is 1. The molecule has 0 spiro atoms. The van der Waals surface area contributed by atoms with E-state index in [9.17, 15) is 13.2 Å². The number of rotatable bonds is 4. The molecule has 0 amide bonds. The molecule has 2 N–H and O–H groups in total. The Morgan fingerprint density at radius 1 is 1.20 bits per heavy atom. The van der Waals surface area contributed by atoms with Crippen molar-refractivity contribution in [2.75, 3.05) is 11.5 Å². The molecule has 3 aromatic rings. The molecule has 0 saturated heterocycles. The van der Waals surface area contributed by atoms with Crippen molar-refractivity contribution in [2.24, 2.45) is 0 Å². The lowest BCUT2D eigenvalue weighted by atomic mass is 10.2. The molecule has 0 atom stereocenters. The molecular weight excluding hydrogens is 393 g/mol. The average Bonchev–Trinajstić information content (AvgIpc) is 2.87. The fourth-order valence-electron chi connectivity index (χ4n) is 2.22. The van der Waals surface area contributed by atoms with Gasteiger partial charge in [-0.1, -0.05) is 23.4 Å². The topological polar surface area (TPSA) is 64.7 Å². The number of alkyl halides is 3. The number of nitrogens with two attached hydrogens (primary N) is 1. The quantitative estimate of drug-likeness (QED) is 0.377. The molecule has 0 radical (unpaired) electrons. The van der Waals surface area contributed by atoms with E-state index < -0.39 is 11.9 Å². The van der Waals surface area contributed by atoms with Crippen LogP contribution in [0.2, 0.25) is 5.15 Å². The molecule has 4 nitrogen and oxygen atoms in total. The first-order valence-corrected chi connectivity index (χ1v) is 9.30. The number of thioether (sulfide) groups is 1. The van der Waals surface area contributed by atoms with E-state index in [0.717, 1.165) is 38.5 Å². The Hall–Kier alpha value is -1.58. The highest BCUT2D eigenvalue weighted by Gasteiger charge is 2.33. The summed E-state index contributed by atoms with van der Waals surface area (Å²) in [6.07, 6.45) is -4.03. The number of pyridine rings is 1. The van der Waals surface area contributed by atoms with Crippen LogP contribution < -0.4 is 5.73 Å². The lowest BCUT2D eigenvalue weighted by molar-refractivity contribution is -0.141. The summed E-state index contributed by atoms with van der Waals surface area (Å²) in [5.74, 6) is 0.250. The van der Waals surface area contributed by atoms with Crippen LogP contribution >= 0.6 is 34.7 Å². The fraction of sp³-hybridized carbons (Fsp3) is 0.267. The van der Waals surface area contributed by atoms with Gasteiger partial charge in [0.2, 0.25) is 0 Å². The first-order chi connectivity index (χ1) is 11.7. The van der Waals surface area contributed by atoms with E-state index >= 15 is 0 Å². The Labute approximate surface area is 154 Å². The lowest BCUT2D eigenvalue weighted by Crippen LogP contribution is -2.11. The zero-order chi connectivity index (χ0) is 18.2. The van der Waals surface area contributed by atoms with Gasteiger partial charge in [-0.3, -0.25) is 0 Å². The van der Waals surface area contributed by atoms with E-state index in [0.29, 0.717) is 17.3 Å². The molecular formula is C15H12ClF3N4S2. The molecule has 0 aliphatic rings. The number of halogens is 4. The number of anilines is 1. The summed E-state index contributed by atoms with van der Waals surface area (Å²) in [6.45, 7) is 1.99. The van der Waals surface area contributed by atoms with Crippen molar-refractivity contribution in [1.29, 1.82) is 0 Å². The third-order valence-electron chi connectivity index (χ3n) is 3.24. The maximum Gasteiger partial charge on any atom is 0.433 e. The second kappa shape index (κ2) is 6.97. The predicted molar refractivity (Wildman–Crippen MR) is 95.2 cm³/mol. The summed E-state index contributed by atoms with van der Waals surface area (Å²) in [5, 5.41) is 1.45. The van der Waals surface area contributed by atoms with Gasteiger partial charge in [0.25, 0.3) is 0 Å². The van der Waals surface area contributed by atoms with Crippen LogP contribution in [0.1, 0.15) is 16.3 Å². The van der Waals surface area contributed by atoms with Crippen molar-refractivity contribution in [3.05, 3.63) is 39.6 Å². The van der Waals surface area contributed by atoms with Gasteiger partial charge in [-0.25, -0.2) is 15.0 Å². The van der Waals surface area contributed by atoms with Gasteiger partial charge in [-0.15, -0.1) is 11.3 Å². The highest BCUT2D eigenvalue weighted by molar-refractivity contribution is 7.99. The lowest BCUT2D eigenvalue weighted by Gasteiger charge is -2.08. The Balaban J connectivity index is 1.72. The van der Waals surface area contributed by atoms with Crippen LogP contribution in [0.25, 0.3) is 10.1 Å². The summed E-state index contributed by atoms with van der Waals surface area (Å²) in [5.41, 5.74) is 5.15. The summed E-state index contributed by atoms with van der Waals surface area (Å²) in [7, 11) is 0. The molecule has 0 bridgehead atoms. The van der Waals surface area contributed by atoms with Gasteiger partial charge in [0.05, 0.1) is 4.70 Å². The van der Waals surface area contributed by atoms with Gasteiger partial charge in [-0.05, 0) is 30.9 Å². The van der Waals surface area contributed by atoms with Crippen molar-refractivity contribution in [1.82, 2.24) is 15.0 Å². The average molecular weight is 405 g/mol. The maximum absolute atomic E-state index is 12.8. The van der Waals surface area contributed by atoms with Crippen LogP contribution in [0.15, 0.2) is 23.4 Å². The van der Waals surface area contributed by atoms with E-state index in [1.165, 1.54) is 0 Å².